The minimum absolute atomic E-state index is 0.00838. The number of amides is 1. The number of aromatic nitrogens is 1. The number of carbonyl (C=O) groups is 2. The molecule has 180 valence electrons. The molecule has 8 heteroatoms. The Hall–Kier alpha value is -3.94. The number of aliphatic hydroxyl groups is 1. The molecule has 0 bridgehead atoms. The van der Waals surface area contributed by atoms with Crippen molar-refractivity contribution < 1.29 is 19.4 Å². The van der Waals surface area contributed by atoms with E-state index < -0.39 is 17.7 Å². The summed E-state index contributed by atoms with van der Waals surface area (Å²) in [4.78, 5) is 31.7. The zero-order valence-corrected chi connectivity index (χ0v) is 20.8. The maximum absolute atomic E-state index is 13.1. The van der Waals surface area contributed by atoms with Gasteiger partial charge in [0.15, 0.2) is 5.13 Å². The molecule has 1 N–H and O–H groups in total. The van der Waals surface area contributed by atoms with Crippen LogP contribution in [0.1, 0.15) is 28.3 Å². The minimum Gasteiger partial charge on any atom is -0.507 e. The number of thiazole rings is 1. The van der Waals surface area contributed by atoms with Crippen molar-refractivity contribution in [3.8, 4) is 5.75 Å². The summed E-state index contributed by atoms with van der Waals surface area (Å²) in [6.07, 6.45) is 1.56. The Morgan fingerprint density at radius 3 is 2.50 bits per heavy atom. The number of halogens is 1. The Bertz CT molecular complexity index is 1450. The van der Waals surface area contributed by atoms with E-state index in [1.54, 1.807) is 60.1 Å². The predicted octanol–water partition coefficient (Wildman–Crippen LogP) is 6.31. The van der Waals surface area contributed by atoms with E-state index in [-0.39, 0.29) is 11.3 Å². The average Bonchev–Trinajstić information content (AvgIpc) is 3.50. The van der Waals surface area contributed by atoms with E-state index in [4.69, 9.17) is 16.3 Å². The van der Waals surface area contributed by atoms with Gasteiger partial charge in [0.2, 0.25) is 0 Å². The normalized spacial score (nSPS) is 16.9. The van der Waals surface area contributed by atoms with Crippen molar-refractivity contribution in [3.05, 3.63) is 117 Å². The second-order valence-corrected chi connectivity index (χ2v) is 9.65. The summed E-state index contributed by atoms with van der Waals surface area (Å²) < 4.78 is 5.87. The molecule has 1 aliphatic rings. The number of aryl methyl sites for hydroxylation is 1. The molecule has 5 rings (SSSR count). The van der Waals surface area contributed by atoms with Crippen LogP contribution >= 0.6 is 22.9 Å². The monoisotopic (exact) mass is 516 g/mol. The van der Waals surface area contributed by atoms with Crippen molar-refractivity contribution >= 4 is 45.5 Å². The quantitative estimate of drug-likeness (QED) is 0.184. The number of hydrogen-bond acceptors (Lipinski definition) is 6. The van der Waals surface area contributed by atoms with Crippen LogP contribution in [-0.2, 0) is 16.2 Å². The third kappa shape index (κ3) is 4.63. The predicted molar refractivity (Wildman–Crippen MR) is 140 cm³/mol. The number of benzene rings is 3. The van der Waals surface area contributed by atoms with E-state index in [2.05, 4.69) is 11.1 Å². The number of ether oxygens (including phenoxy) is 1. The molecule has 1 fully saturated rings. The fraction of sp³-hybridized carbons (Fsp3) is 0.107. The lowest BCUT2D eigenvalue weighted by molar-refractivity contribution is -0.132. The van der Waals surface area contributed by atoms with Crippen molar-refractivity contribution in [1.29, 1.82) is 0 Å². The zero-order chi connectivity index (χ0) is 25.2. The zero-order valence-electron chi connectivity index (χ0n) is 19.2. The highest BCUT2D eigenvalue weighted by Gasteiger charge is 2.47. The molecule has 1 amide bonds. The molecule has 1 atom stereocenters. The van der Waals surface area contributed by atoms with Gasteiger partial charge < -0.3 is 9.84 Å². The molecular weight excluding hydrogens is 496 g/mol. The first-order valence-corrected chi connectivity index (χ1v) is 12.4. The summed E-state index contributed by atoms with van der Waals surface area (Å²) in [6, 6.07) is 20.8. The standard InChI is InChI=1S/C28H21ClN2O4S/c1-17-3-2-4-18(15-17)16-35-22-11-7-20(8-12-22)25(32)23-24(19-5-9-21(29)10-6-19)31(27(34)26(23)33)28-30-13-14-36-28/h2-15,24,32H,16H2,1H3/b25-23-. The number of ketones is 1. The van der Waals surface area contributed by atoms with E-state index in [0.29, 0.717) is 33.6 Å². The maximum atomic E-state index is 13.1. The lowest BCUT2D eigenvalue weighted by atomic mass is 9.95. The molecule has 0 spiro atoms. The highest BCUT2D eigenvalue weighted by molar-refractivity contribution is 7.14. The van der Waals surface area contributed by atoms with Gasteiger partial charge >= 0.3 is 5.91 Å². The Morgan fingerprint density at radius 1 is 1.08 bits per heavy atom. The number of anilines is 1. The number of nitrogens with zero attached hydrogens (tertiary/aromatic N) is 2. The average molecular weight is 517 g/mol. The molecule has 1 unspecified atom stereocenters. The summed E-state index contributed by atoms with van der Waals surface area (Å²) in [5.41, 5.74) is 3.22. The molecule has 3 aromatic carbocycles. The molecule has 0 saturated carbocycles. The van der Waals surface area contributed by atoms with Gasteiger partial charge in [-0.05, 0) is 54.4 Å². The molecule has 1 saturated heterocycles. The molecule has 6 nitrogen and oxygen atoms in total. The number of hydrogen-bond donors (Lipinski definition) is 1. The van der Waals surface area contributed by atoms with Gasteiger partial charge in [0.05, 0.1) is 11.6 Å². The van der Waals surface area contributed by atoms with Crippen LogP contribution in [0.5, 0.6) is 5.75 Å². The fourth-order valence-corrected chi connectivity index (χ4v) is 4.95. The van der Waals surface area contributed by atoms with E-state index in [0.717, 1.165) is 11.1 Å². The van der Waals surface area contributed by atoms with Crippen molar-refractivity contribution in [2.45, 2.75) is 19.6 Å². The molecule has 4 aromatic rings. The number of Topliss-reactive ketones (excluding diaryl/α,β-unsaturated/α-hetero) is 1. The minimum atomic E-state index is -0.842. The largest absolute Gasteiger partial charge is 0.507 e. The van der Waals surface area contributed by atoms with Crippen LogP contribution in [0.3, 0.4) is 0 Å². The summed E-state index contributed by atoms with van der Waals surface area (Å²) in [6.45, 7) is 2.43. The third-order valence-corrected chi connectivity index (χ3v) is 6.89. The summed E-state index contributed by atoms with van der Waals surface area (Å²) in [5.74, 6) is -1.17. The second-order valence-electron chi connectivity index (χ2n) is 8.34. The van der Waals surface area contributed by atoms with Crippen molar-refractivity contribution in [2.24, 2.45) is 0 Å². The highest BCUT2D eigenvalue weighted by atomic mass is 35.5. The van der Waals surface area contributed by atoms with Gasteiger partial charge in [-0.2, -0.15) is 0 Å². The molecule has 1 aliphatic heterocycles. The van der Waals surface area contributed by atoms with Gasteiger partial charge in [-0.15, -0.1) is 11.3 Å². The van der Waals surface area contributed by atoms with Crippen molar-refractivity contribution in [1.82, 2.24) is 4.98 Å². The summed E-state index contributed by atoms with van der Waals surface area (Å²) in [7, 11) is 0. The fourth-order valence-electron chi connectivity index (χ4n) is 4.16. The van der Waals surface area contributed by atoms with Crippen molar-refractivity contribution in [3.63, 3.8) is 0 Å². The lowest BCUT2D eigenvalue weighted by Crippen LogP contribution is -2.29. The molecule has 0 radical (unpaired) electrons. The number of aliphatic hydroxyl groups excluding tert-OH is 1. The first-order chi connectivity index (χ1) is 17.4. The van der Waals surface area contributed by atoms with E-state index in [1.807, 2.05) is 25.1 Å². The van der Waals surface area contributed by atoms with Gasteiger partial charge in [-0.1, -0.05) is 53.6 Å². The molecule has 0 aliphatic carbocycles. The van der Waals surface area contributed by atoms with Crippen LogP contribution < -0.4 is 9.64 Å². The van der Waals surface area contributed by atoms with Gasteiger partial charge in [-0.25, -0.2) is 4.98 Å². The smallest absolute Gasteiger partial charge is 0.301 e. The van der Waals surface area contributed by atoms with Crippen LogP contribution in [-0.4, -0.2) is 21.8 Å². The number of carbonyl (C=O) groups excluding carboxylic acids is 2. The lowest BCUT2D eigenvalue weighted by Gasteiger charge is -2.23. The van der Waals surface area contributed by atoms with Gasteiger partial charge in [0.1, 0.15) is 18.1 Å². The second kappa shape index (κ2) is 9.97. The van der Waals surface area contributed by atoms with Crippen LogP contribution in [0.15, 0.2) is 89.9 Å². The van der Waals surface area contributed by atoms with Gasteiger partial charge in [0, 0.05) is 22.2 Å². The van der Waals surface area contributed by atoms with Crippen LogP contribution in [0, 0.1) is 6.92 Å². The van der Waals surface area contributed by atoms with Gasteiger partial charge in [-0.3, -0.25) is 14.5 Å². The first-order valence-electron chi connectivity index (χ1n) is 11.2. The molecule has 2 heterocycles. The summed E-state index contributed by atoms with van der Waals surface area (Å²) in [5, 5.41) is 13.9. The van der Waals surface area contributed by atoms with Crippen molar-refractivity contribution in [2.75, 3.05) is 4.90 Å². The Kier molecular flexibility index (Phi) is 6.59. The van der Waals surface area contributed by atoms with E-state index in [9.17, 15) is 14.7 Å². The summed E-state index contributed by atoms with van der Waals surface area (Å²) >= 11 is 7.30. The number of rotatable bonds is 6. The molecule has 36 heavy (non-hydrogen) atoms. The maximum Gasteiger partial charge on any atom is 0.301 e. The van der Waals surface area contributed by atoms with Gasteiger partial charge in [0.25, 0.3) is 5.78 Å². The highest BCUT2D eigenvalue weighted by Crippen LogP contribution is 2.43. The Balaban J connectivity index is 1.48. The van der Waals surface area contributed by atoms with Crippen LogP contribution in [0.4, 0.5) is 5.13 Å². The topological polar surface area (TPSA) is 79.7 Å². The Labute approximate surface area is 217 Å². The molecular formula is C28H21ClN2O4S. The third-order valence-electron chi connectivity index (χ3n) is 5.87. The Morgan fingerprint density at radius 2 is 1.83 bits per heavy atom. The van der Waals surface area contributed by atoms with Crippen LogP contribution in [0.2, 0.25) is 5.02 Å². The molecule has 1 aromatic heterocycles. The van der Waals surface area contributed by atoms with E-state index >= 15 is 0 Å². The van der Waals surface area contributed by atoms with Crippen LogP contribution in [0.25, 0.3) is 5.76 Å². The first kappa shape index (κ1) is 23.8. The SMILES string of the molecule is Cc1cccc(COc2ccc(/C(O)=C3/C(=O)C(=O)N(c4nccs4)C3c3ccc(Cl)cc3)cc2)c1. The van der Waals surface area contributed by atoms with E-state index in [1.165, 1.54) is 16.2 Å².